The molecule has 0 spiro atoms. The Kier molecular flexibility index (Phi) is 5.26. The topological polar surface area (TPSA) is 80.9 Å². The number of piperidine rings is 1. The van der Waals surface area contributed by atoms with Gasteiger partial charge in [0.2, 0.25) is 5.82 Å². The van der Waals surface area contributed by atoms with E-state index in [9.17, 15) is 4.79 Å². The number of pyridine rings is 1. The summed E-state index contributed by atoms with van der Waals surface area (Å²) in [6.45, 7) is 14.7. The molecule has 4 rings (SSSR count). The van der Waals surface area contributed by atoms with Gasteiger partial charge in [-0.05, 0) is 81.0 Å². The number of benzene rings is 1. The molecule has 0 amide bonds. The standard InChI is InChI=1S/C23H32N6O/c1-14-9-11-28(12-10-14)20(21-25-26-27-29(21)23(4,5)6)18-13-17-15(2)7-8-16(3)19(17)24-22(18)30/h7-8,13-14,20H,9-12H2,1-6H3,(H,24,30)/p+1/t20-/m1/s1. The second kappa shape index (κ2) is 7.61. The molecule has 1 aliphatic heterocycles. The van der Waals surface area contributed by atoms with Gasteiger partial charge >= 0.3 is 0 Å². The van der Waals surface area contributed by atoms with Crippen molar-refractivity contribution in [3.63, 3.8) is 0 Å². The summed E-state index contributed by atoms with van der Waals surface area (Å²) in [6.07, 6.45) is 2.29. The molecule has 7 nitrogen and oxygen atoms in total. The molecule has 0 aliphatic carbocycles. The minimum atomic E-state index is -0.268. The van der Waals surface area contributed by atoms with Crippen LogP contribution in [0.2, 0.25) is 0 Å². The lowest BCUT2D eigenvalue weighted by molar-refractivity contribution is -0.932. The van der Waals surface area contributed by atoms with Crippen molar-refractivity contribution >= 4 is 10.9 Å². The van der Waals surface area contributed by atoms with Crippen LogP contribution in [-0.2, 0) is 5.54 Å². The third kappa shape index (κ3) is 3.67. The van der Waals surface area contributed by atoms with Crippen LogP contribution in [0.5, 0.6) is 0 Å². The zero-order valence-corrected chi connectivity index (χ0v) is 18.9. The van der Waals surface area contributed by atoms with Gasteiger partial charge in [-0.3, -0.25) is 4.79 Å². The summed E-state index contributed by atoms with van der Waals surface area (Å²) < 4.78 is 1.88. The SMILES string of the molecule is Cc1ccc(C)c2[nH]c(=O)c([C@H](c3nnnn3C(C)(C)C)[NH+]3CCC(C)CC3)cc12. The summed E-state index contributed by atoms with van der Waals surface area (Å²) in [5.41, 5.74) is 3.59. The van der Waals surface area contributed by atoms with Crippen molar-refractivity contribution in [2.75, 3.05) is 13.1 Å². The minimum Gasteiger partial charge on any atom is -0.322 e. The summed E-state index contributed by atoms with van der Waals surface area (Å²) in [5, 5.41) is 13.8. The van der Waals surface area contributed by atoms with Crippen LogP contribution >= 0.6 is 0 Å². The highest BCUT2D eigenvalue weighted by Gasteiger charge is 2.37. The van der Waals surface area contributed by atoms with E-state index in [-0.39, 0.29) is 17.1 Å². The van der Waals surface area contributed by atoms with Gasteiger partial charge < -0.3 is 9.88 Å². The number of tetrazole rings is 1. The Balaban J connectivity index is 1.93. The van der Waals surface area contributed by atoms with Crippen molar-refractivity contribution in [2.45, 2.75) is 66.0 Å². The van der Waals surface area contributed by atoms with Gasteiger partial charge in [0.1, 0.15) is 0 Å². The summed E-state index contributed by atoms with van der Waals surface area (Å²) in [5.74, 6) is 1.48. The third-order valence-electron chi connectivity index (χ3n) is 6.50. The maximum absolute atomic E-state index is 13.4. The van der Waals surface area contributed by atoms with E-state index in [2.05, 4.69) is 73.3 Å². The number of nitrogens with zero attached hydrogens (tertiary/aromatic N) is 4. The lowest BCUT2D eigenvalue weighted by Crippen LogP contribution is -3.13. The van der Waals surface area contributed by atoms with Gasteiger partial charge in [0.05, 0.1) is 29.7 Å². The summed E-state index contributed by atoms with van der Waals surface area (Å²) in [6, 6.07) is 6.05. The third-order valence-corrected chi connectivity index (χ3v) is 6.50. The number of hydrogen-bond acceptors (Lipinski definition) is 4. The Morgan fingerprint density at radius 1 is 1.17 bits per heavy atom. The van der Waals surface area contributed by atoms with E-state index in [0.717, 1.165) is 59.3 Å². The van der Waals surface area contributed by atoms with Gasteiger partial charge in [-0.25, -0.2) is 4.68 Å². The maximum atomic E-state index is 13.4. The highest BCUT2D eigenvalue weighted by molar-refractivity contribution is 5.85. The first-order chi connectivity index (χ1) is 14.2. The predicted octanol–water partition coefficient (Wildman–Crippen LogP) is 2.29. The first-order valence-electron chi connectivity index (χ1n) is 10.9. The van der Waals surface area contributed by atoms with Crippen molar-refractivity contribution < 1.29 is 4.90 Å². The van der Waals surface area contributed by atoms with Gasteiger partial charge in [0, 0.05) is 5.39 Å². The number of quaternary nitrogens is 1. The smallest absolute Gasteiger partial charge is 0.258 e. The van der Waals surface area contributed by atoms with Crippen molar-refractivity contribution in [3.05, 3.63) is 51.1 Å². The Labute approximate surface area is 177 Å². The molecule has 160 valence electrons. The normalized spacial score (nSPS) is 21.1. The van der Waals surface area contributed by atoms with Crippen LogP contribution in [0.1, 0.15) is 69.1 Å². The van der Waals surface area contributed by atoms with Crippen molar-refractivity contribution in [1.82, 2.24) is 25.2 Å². The van der Waals surface area contributed by atoms with Crippen LogP contribution < -0.4 is 10.5 Å². The number of aryl methyl sites for hydroxylation is 2. The molecule has 3 heterocycles. The quantitative estimate of drug-likeness (QED) is 0.696. The van der Waals surface area contributed by atoms with E-state index in [4.69, 9.17) is 0 Å². The molecule has 0 unspecified atom stereocenters. The van der Waals surface area contributed by atoms with Gasteiger partial charge in [-0.15, -0.1) is 5.10 Å². The molecule has 0 radical (unpaired) electrons. The van der Waals surface area contributed by atoms with E-state index < -0.39 is 0 Å². The molecular formula is C23H33N6O+. The fraction of sp³-hybridized carbons (Fsp3) is 0.565. The number of nitrogens with one attached hydrogen (secondary N) is 2. The molecule has 0 saturated carbocycles. The van der Waals surface area contributed by atoms with Crippen LogP contribution in [0.3, 0.4) is 0 Å². The van der Waals surface area contributed by atoms with Crippen molar-refractivity contribution in [1.29, 1.82) is 0 Å². The lowest BCUT2D eigenvalue weighted by atomic mass is 9.94. The number of fused-ring (bicyclic) bond motifs is 1. The van der Waals surface area contributed by atoms with Gasteiger partial charge in [-0.2, -0.15) is 0 Å². The predicted molar refractivity (Wildman–Crippen MR) is 118 cm³/mol. The van der Waals surface area contributed by atoms with Crippen LogP contribution in [0.25, 0.3) is 10.9 Å². The fourth-order valence-corrected chi connectivity index (χ4v) is 4.62. The van der Waals surface area contributed by atoms with E-state index >= 15 is 0 Å². The molecule has 1 saturated heterocycles. The molecule has 2 aromatic heterocycles. The van der Waals surface area contributed by atoms with Gasteiger partial charge in [0.15, 0.2) is 6.04 Å². The molecule has 30 heavy (non-hydrogen) atoms. The average Bonchev–Trinajstić information content (AvgIpc) is 3.17. The molecule has 3 aromatic rings. The summed E-state index contributed by atoms with van der Waals surface area (Å²) in [4.78, 5) is 17.9. The summed E-state index contributed by atoms with van der Waals surface area (Å²) in [7, 11) is 0. The van der Waals surface area contributed by atoms with Crippen LogP contribution in [-0.4, -0.2) is 38.3 Å². The Morgan fingerprint density at radius 3 is 2.50 bits per heavy atom. The van der Waals surface area contributed by atoms with Crippen LogP contribution in [0, 0.1) is 19.8 Å². The second-order valence-corrected chi connectivity index (χ2v) is 9.94. The van der Waals surface area contributed by atoms with E-state index in [1.165, 1.54) is 4.90 Å². The zero-order valence-electron chi connectivity index (χ0n) is 18.9. The van der Waals surface area contributed by atoms with E-state index in [1.54, 1.807) is 0 Å². The first kappa shape index (κ1) is 20.7. The number of aromatic amines is 1. The number of likely N-dealkylation sites (tertiary alicyclic amines) is 1. The Morgan fingerprint density at radius 2 is 1.83 bits per heavy atom. The van der Waals surface area contributed by atoms with Gasteiger partial charge in [-0.1, -0.05) is 19.1 Å². The molecule has 1 aliphatic rings. The molecule has 7 heteroatoms. The molecule has 2 N–H and O–H groups in total. The monoisotopic (exact) mass is 409 g/mol. The molecule has 1 atom stereocenters. The maximum Gasteiger partial charge on any atom is 0.258 e. The Bertz CT molecular complexity index is 1110. The highest BCUT2D eigenvalue weighted by Crippen LogP contribution is 2.25. The molecule has 1 fully saturated rings. The number of rotatable bonds is 3. The Hall–Kier alpha value is -2.54. The van der Waals surface area contributed by atoms with Gasteiger partial charge in [0.25, 0.3) is 5.56 Å². The first-order valence-corrected chi connectivity index (χ1v) is 10.9. The molecular weight excluding hydrogens is 376 g/mol. The zero-order chi connectivity index (χ0) is 21.6. The minimum absolute atomic E-state index is 0.0456. The van der Waals surface area contributed by atoms with Crippen molar-refractivity contribution in [3.8, 4) is 0 Å². The summed E-state index contributed by atoms with van der Waals surface area (Å²) >= 11 is 0. The molecule has 1 aromatic carbocycles. The van der Waals surface area contributed by atoms with Crippen LogP contribution in [0.15, 0.2) is 23.0 Å². The molecule has 0 bridgehead atoms. The van der Waals surface area contributed by atoms with E-state index in [1.807, 2.05) is 11.6 Å². The number of hydrogen-bond donors (Lipinski definition) is 2. The van der Waals surface area contributed by atoms with Crippen molar-refractivity contribution in [2.24, 2.45) is 5.92 Å². The number of aromatic nitrogens is 5. The largest absolute Gasteiger partial charge is 0.322 e. The number of H-pyrrole nitrogens is 1. The van der Waals surface area contributed by atoms with E-state index in [0.29, 0.717) is 5.92 Å². The van der Waals surface area contributed by atoms with Crippen LogP contribution in [0.4, 0.5) is 0 Å². The second-order valence-electron chi connectivity index (χ2n) is 9.94. The lowest BCUT2D eigenvalue weighted by Gasteiger charge is -2.34. The fourth-order valence-electron chi connectivity index (χ4n) is 4.62. The average molecular weight is 410 g/mol. The highest BCUT2D eigenvalue weighted by atomic mass is 16.1.